The molecular weight excluding hydrogens is 621 g/mol. The molecule has 0 spiro atoms. The summed E-state index contributed by atoms with van der Waals surface area (Å²) in [7, 11) is 0. The summed E-state index contributed by atoms with van der Waals surface area (Å²) in [6.45, 7) is 0. The zero-order valence-electron chi connectivity index (χ0n) is 26.1. The van der Waals surface area contributed by atoms with Crippen LogP contribution in [0.4, 0.5) is 17.1 Å². The van der Waals surface area contributed by atoms with Crippen molar-refractivity contribution in [3.8, 4) is 27.8 Å². The highest BCUT2D eigenvalue weighted by Gasteiger charge is 2.27. The van der Waals surface area contributed by atoms with E-state index in [1.54, 1.807) is 11.3 Å². The quantitative estimate of drug-likeness (QED) is 0.208. The number of rotatable bonds is 3. The largest absolute Gasteiger partial charge is 0.453 e. The summed E-state index contributed by atoms with van der Waals surface area (Å²) >= 11 is 1.71. The topological polar surface area (TPSA) is 46.1 Å². The summed E-state index contributed by atoms with van der Waals surface area (Å²) in [5, 5.41) is 5.94. The maximum absolute atomic E-state index is 6.44. The van der Waals surface area contributed by atoms with Gasteiger partial charge in [-0.05, 0) is 78.9 Å². The van der Waals surface area contributed by atoms with Gasteiger partial charge >= 0.3 is 0 Å². The SMILES string of the molecule is c1ccc(N2c3ccccc3Oc3cc4nc(-c5ccc(-n6c7ccccc7c7cc8[nH]c9ccccc9c8cc76)cc5)sc4cc32)cc1. The minimum Gasteiger partial charge on any atom is -0.453 e. The van der Waals surface area contributed by atoms with Crippen LogP contribution in [0.3, 0.4) is 0 Å². The number of aromatic amines is 1. The van der Waals surface area contributed by atoms with Gasteiger partial charge in [-0.3, -0.25) is 0 Å². The minimum atomic E-state index is 0.804. The smallest absolute Gasteiger partial charge is 0.153 e. The monoisotopic (exact) mass is 646 g/mol. The highest BCUT2D eigenvalue weighted by molar-refractivity contribution is 7.21. The van der Waals surface area contributed by atoms with Crippen LogP contribution in [0.2, 0.25) is 0 Å². The van der Waals surface area contributed by atoms with E-state index in [0.717, 1.165) is 66.1 Å². The van der Waals surface area contributed by atoms with Gasteiger partial charge in [-0.25, -0.2) is 4.98 Å². The summed E-state index contributed by atoms with van der Waals surface area (Å²) in [6.07, 6.45) is 0. The van der Waals surface area contributed by atoms with Crippen LogP contribution in [0.5, 0.6) is 11.5 Å². The average molecular weight is 647 g/mol. The molecule has 4 heterocycles. The maximum Gasteiger partial charge on any atom is 0.153 e. The van der Waals surface area contributed by atoms with Gasteiger partial charge < -0.3 is 19.2 Å². The number of anilines is 3. The molecule has 0 amide bonds. The van der Waals surface area contributed by atoms with E-state index in [-0.39, 0.29) is 0 Å². The standard InChI is InChI=1S/C43H26N4OS/c1-2-10-27(11-3-1)47-37-16-8-9-17-40(37)48-41-24-35-42(25-39(41)47)49-43(45-35)26-18-20-28(21-19-26)46-36-15-7-5-13-30(36)32-22-34-31(23-38(32)46)29-12-4-6-14-33(29)44-34/h1-25,44H. The first kappa shape index (κ1) is 26.7. The summed E-state index contributed by atoms with van der Waals surface area (Å²) in [4.78, 5) is 11.0. The Balaban J connectivity index is 1.03. The van der Waals surface area contributed by atoms with Gasteiger partial charge in [-0.2, -0.15) is 0 Å². The van der Waals surface area contributed by atoms with Crippen molar-refractivity contribution in [3.63, 3.8) is 0 Å². The van der Waals surface area contributed by atoms with Crippen LogP contribution in [0.15, 0.2) is 152 Å². The molecule has 0 atom stereocenters. The summed E-state index contributed by atoms with van der Waals surface area (Å²) in [5.74, 6) is 1.64. The van der Waals surface area contributed by atoms with E-state index < -0.39 is 0 Å². The van der Waals surface area contributed by atoms with Crippen molar-refractivity contribution >= 4 is 82.2 Å². The lowest BCUT2D eigenvalue weighted by Crippen LogP contribution is -2.15. The summed E-state index contributed by atoms with van der Waals surface area (Å²) in [5.41, 5.74) is 11.0. The van der Waals surface area contributed by atoms with Crippen molar-refractivity contribution in [2.75, 3.05) is 4.90 Å². The third kappa shape index (κ3) is 3.95. The molecule has 0 saturated carbocycles. The van der Waals surface area contributed by atoms with Crippen LogP contribution in [0, 0.1) is 0 Å². The maximum atomic E-state index is 6.44. The number of ether oxygens (including phenoxy) is 1. The highest BCUT2D eigenvalue weighted by Crippen LogP contribution is 2.52. The normalized spacial score (nSPS) is 12.6. The van der Waals surface area contributed by atoms with E-state index in [1.165, 1.54) is 32.6 Å². The van der Waals surface area contributed by atoms with Gasteiger partial charge in [0.2, 0.25) is 0 Å². The molecule has 0 radical (unpaired) electrons. The van der Waals surface area contributed by atoms with Crippen molar-refractivity contribution < 1.29 is 4.74 Å². The molecule has 1 N–H and O–H groups in total. The molecule has 0 unspecified atom stereocenters. The first-order valence-corrected chi connectivity index (χ1v) is 17.2. The second kappa shape index (κ2) is 10.1. The predicted molar refractivity (Wildman–Crippen MR) is 204 cm³/mol. The third-order valence-corrected chi connectivity index (χ3v) is 10.8. The number of nitrogens with one attached hydrogen (secondary N) is 1. The van der Waals surface area contributed by atoms with Crippen LogP contribution >= 0.6 is 11.3 Å². The van der Waals surface area contributed by atoms with Crippen molar-refractivity contribution in [3.05, 3.63) is 152 Å². The van der Waals surface area contributed by atoms with Crippen LogP contribution in [0.1, 0.15) is 0 Å². The second-order valence-corrected chi connectivity index (χ2v) is 13.6. The van der Waals surface area contributed by atoms with Gasteiger partial charge in [-0.1, -0.05) is 66.7 Å². The molecular formula is C43H26N4OS. The minimum absolute atomic E-state index is 0.804. The summed E-state index contributed by atoms with van der Waals surface area (Å²) < 4.78 is 9.94. The van der Waals surface area contributed by atoms with Crippen LogP contribution in [0.25, 0.3) is 70.1 Å². The number of thiazole rings is 1. The third-order valence-electron chi connectivity index (χ3n) is 9.72. The first-order chi connectivity index (χ1) is 24.3. The molecule has 0 saturated heterocycles. The van der Waals surface area contributed by atoms with Gasteiger partial charge in [0.15, 0.2) is 11.5 Å². The Morgan fingerprint density at radius 1 is 0.531 bits per heavy atom. The fraction of sp³-hybridized carbons (Fsp3) is 0. The van der Waals surface area contributed by atoms with Crippen molar-refractivity contribution in [1.82, 2.24) is 14.5 Å². The van der Waals surface area contributed by atoms with Gasteiger partial charge in [-0.15, -0.1) is 11.3 Å². The molecule has 1 aliphatic heterocycles. The van der Waals surface area contributed by atoms with Gasteiger partial charge in [0.05, 0.1) is 32.6 Å². The van der Waals surface area contributed by atoms with Gasteiger partial charge in [0.1, 0.15) is 5.01 Å². The number of nitrogens with zero attached hydrogens (tertiary/aromatic N) is 3. The molecule has 3 aromatic heterocycles. The molecule has 49 heavy (non-hydrogen) atoms. The molecule has 11 rings (SSSR count). The Kier molecular flexibility index (Phi) is 5.48. The fourth-order valence-electron chi connectivity index (χ4n) is 7.50. The fourth-order valence-corrected chi connectivity index (χ4v) is 8.49. The van der Waals surface area contributed by atoms with E-state index in [1.807, 2.05) is 18.2 Å². The lowest BCUT2D eigenvalue weighted by molar-refractivity contribution is 0.477. The predicted octanol–water partition coefficient (Wildman–Crippen LogP) is 12.3. The Labute approximate surface area is 284 Å². The number of hydrogen-bond donors (Lipinski definition) is 1. The van der Waals surface area contributed by atoms with E-state index in [0.29, 0.717) is 0 Å². The zero-order chi connectivity index (χ0) is 32.1. The lowest BCUT2D eigenvalue weighted by Gasteiger charge is -2.32. The van der Waals surface area contributed by atoms with E-state index in [4.69, 9.17) is 9.72 Å². The number of H-pyrrole nitrogens is 1. The molecule has 0 aliphatic carbocycles. The van der Waals surface area contributed by atoms with E-state index in [2.05, 4.69) is 148 Å². The Hall–Kier alpha value is -6.37. The number of fused-ring (bicyclic) bond motifs is 9. The zero-order valence-corrected chi connectivity index (χ0v) is 26.9. The van der Waals surface area contributed by atoms with Crippen molar-refractivity contribution in [2.24, 2.45) is 0 Å². The van der Waals surface area contributed by atoms with Crippen LogP contribution in [-0.4, -0.2) is 14.5 Å². The number of hydrogen-bond acceptors (Lipinski definition) is 4. The number of aromatic nitrogens is 3. The number of para-hydroxylation sites is 5. The first-order valence-electron chi connectivity index (χ1n) is 16.4. The average Bonchev–Trinajstić information content (AvgIpc) is 3.83. The van der Waals surface area contributed by atoms with Gasteiger partial charge in [0.25, 0.3) is 0 Å². The molecule has 230 valence electrons. The van der Waals surface area contributed by atoms with Crippen molar-refractivity contribution in [2.45, 2.75) is 0 Å². The highest BCUT2D eigenvalue weighted by atomic mass is 32.1. The molecule has 0 bridgehead atoms. The van der Waals surface area contributed by atoms with Gasteiger partial charge in [0, 0.05) is 55.6 Å². The van der Waals surface area contributed by atoms with Crippen LogP contribution < -0.4 is 9.64 Å². The van der Waals surface area contributed by atoms with Crippen LogP contribution in [-0.2, 0) is 0 Å². The van der Waals surface area contributed by atoms with E-state index >= 15 is 0 Å². The summed E-state index contributed by atoms with van der Waals surface area (Å²) in [6, 6.07) is 53.6. The van der Waals surface area contributed by atoms with Crippen molar-refractivity contribution in [1.29, 1.82) is 0 Å². The Morgan fingerprint density at radius 2 is 1.31 bits per heavy atom. The molecule has 7 aromatic carbocycles. The Morgan fingerprint density at radius 3 is 2.20 bits per heavy atom. The molecule has 1 aliphatic rings. The molecule has 5 nitrogen and oxygen atoms in total. The second-order valence-electron chi connectivity index (χ2n) is 12.5. The molecule has 10 aromatic rings. The van der Waals surface area contributed by atoms with E-state index in [9.17, 15) is 0 Å². The molecule has 0 fully saturated rings. The Bertz CT molecular complexity index is 2920. The lowest BCUT2D eigenvalue weighted by atomic mass is 10.1. The number of benzene rings is 7. The molecule has 6 heteroatoms.